The van der Waals surface area contributed by atoms with Crippen LogP contribution in [0.25, 0.3) is 0 Å². The van der Waals surface area contributed by atoms with Crippen LogP contribution < -0.4 is 5.32 Å². The molecule has 0 aromatic heterocycles. The number of nitrogens with one attached hydrogen (secondary N) is 1. The van der Waals surface area contributed by atoms with Crippen molar-refractivity contribution in [1.29, 1.82) is 0 Å². The first kappa shape index (κ1) is 12.6. The van der Waals surface area contributed by atoms with E-state index in [1.54, 1.807) is 0 Å². The molecule has 1 saturated carbocycles. The zero-order valence-electron chi connectivity index (χ0n) is 9.53. The third kappa shape index (κ3) is 3.82. The number of carbonyl (C=O) groups is 1. The molecule has 1 fully saturated rings. The molecule has 0 amide bonds. The number of carboxylic acid groups (broad SMARTS) is 1. The van der Waals surface area contributed by atoms with Crippen LogP contribution in [0.15, 0.2) is 28.7 Å². The summed E-state index contributed by atoms with van der Waals surface area (Å²) in [5.41, 5.74) is 1.30. The molecule has 2 N–H and O–H groups in total. The molecule has 0 radical (unpaired) electrons. The van der Waals surface area contributed by atoms with Gasteiger partial charge in [0, 0.05) is 4.47 Å². The van der Waals surface area contributed by atoms with E-state index in [1.165, 1.54) is 5.56 Å². The maximum absolute atomic E-state index is 10.6. The minimum atomic E-state index is -0.648. The molecule has 2 unspecified atom stereocenters. The van der Waals surface area contributed by atoms with Crippen LogP contribution in [0.1, 0.15) is 12.0 Å². The van der Waals surface area contributed by atoms with Crippen LogP contribution in [-0.4, -0.2) is 24.2 Å². The lowest BCUT2D eigenvalue weighted by molar-refractivity contribution is -0.138. The zero-order valence-corrected chi connectivity index (χ0v) is 11.1. The van der Waals surface area contributed by atoms with E-state index in [-0.39, 0.29) is 5.92 Å². The van der Waals surface area contributed by atoms with Gasteiger partial charge in [0.2, 0.25) is 0 Å². The molecule has 0 spiro atoms. The summed E-state index contributed by atoms with van der Waals surface area (Å²) in [6.45, 7) is 1.73. The highest BCUT2D eigenvalue weighted by atomic mass is 79.9. The van der Waals surface area contributed by atoms with Gasteiger partial charge in [-0.1, -0.05) is 28.1 Å². The summed E-state index contributed by atoms with van der Waals surface area (Å²) in [7, 11) is 0. The Kier molecular flexibility index (Phi) is 4.18. The first-order valence-electron chi connectivity index (χ1n) is 5.85. The summed E-state index contributed by atoms with van der Waals surface area (Å²) in [4.78, 5) is 10.6. The second-order valence-electron chi connectivity index (χ2n) is 4.52. The number of aliphatic carboxylic acids is 1. The minimum Gasteiger partial charge on any atom is -0.481 e. The normalized spacial score (nSPS) is 22.4. The Bertz CT molecular complexity index is 391. The first-order chi connectivity index (χ1) is 8.16. The number of hydrogen-bond acceptors (Lipinski definition) is 2. The quantitative estimate of drug-likeness (QED) is 0.792. The van der Waals surface area contributed by atoms with E-state index in [2.05, 4.69) is 33.4 Å². The highest BCUT2D eigenvalue weighted by molar-refractivity contribution is 9.10. The number of rotatable bonds is 6. The topological polar surface area (TPSA) is 49.3 Å². The summed E-state index contributed by atoms with van der Waals surface area (Å²) >= 11 is 3.40. The van der Waals surface area contributed by atoms with Crippen LogP contribution >= 0.6 is 15.9 Å². The van der Waals surface area contributed by atoms with Crippen molar-refractivity contribution in [3.05, 3.63) is 34.3 Å². The van der Waals surface area contributed by atoms with Crippen molar-refractivity contribution >= 4 is 21.9 Å². The monoisotopic (exact) mass is 297 g/mol. The average molecular weight is 298 g/mol. The molecule has 92 valence electrons. The maximum Gasteiger partial charge on any atom is 0.306 e. The van der Waals surface area contributed by atoms with E-state index in [4.69, 9.17) is 5.11 Å². The fourth-order valence-corrected chi connectivity index (χ4v) is 2.21. The maximum atomic E-state index is 10.6. The molecule has 0 saturated heterocycles. The van der Waals surface area contributed by atoms with E-state index in [1.807, 2.05) is 12.1 Å². The Hall–Kier alpha value is -0.870. The van der Waals surface area contributed by atoms with Crippen molar-refractivity contribution in [2.45, 2.75) is 12.8 Å². The first-order valence-corrected chi connectivity index (χ1v) is 6.64. The van der Waals surface area contributed by atoms with Crippen LogP contribution in [0.5, 0.6) is 0 Å². The van der Waals surface area contributed by atoms with E-state index in [9.17, 15) is 4.79 Å². The lowest BCUT2D eigenvalue weighted by Crippen LogP contribution is -2.21. The highest BCUT2D eigenvalue weighted by Gasteiger charge is 2.42. The van der Waals surface area contributed by atoms with Crippen LogP contribution in [0.2, 0.25) is 0 Å². The molecule has 1 aliphatic rings. The smallest absolute Gasteiger partial charge is 0.306 e. The molecular weight excluding hydrogens is 282 g/mol. The lowest BCUT2D eigenvalue weighted by Gasteiger charge is -2.04. The molecule has 17 heavy (non-hydrogen) atoms. The minimum absolute atomic E-state index is 0.102. The molecular formula is C13H16BrNO2. The van der Waals surface area contributed by atoms with Gasteiger partial charge in [-0.25, -0.2) is 0 Å². The second-order valence-corrected chi connectivity index (χ2v) is 5.44. The van der Waals surface area contributed by atoms with E-state index < -0.39 is 5.97 Å². The summed E-state index contributed by atoms with van der Waals surface area (Å²) in [6, 6.07) is 8.28. The van der Waals surface area contributed by atoms with Gasteiger partial charge in [0.05, 0.1) is 5.92 Å². The number of halogens is 1. The lowest BCUT2D eigenvalue weighted by atomic mass is 10.1. The van der Waals surface area contributed by atoms with Crippen molar-refractivity contribution in [3.63, 3.8) is 0 Å². The van der Waals surface area contributed by atoms with Gasteiger partial charge in [-0.3, -0.25) is 4.79 Å². The van der Waals surface area contributed by atoms with Crippen LogP contribution in [0.4, 0.5) is 0 Å². The number of carboxylic acids is 1. The molecule has 2 atom stereocenters. The molecule has 1 aliphatic carbocycles. The van der Waals surface area contributed by atoms with Crippen molar-refractivity contribution in [3.8, 4) is 0 Å². The molecule has 0 bridgehead atoms. The second kappa shape index (κ2) is 5.65. The van der Waals surface area contributed by atoms with Gasteiger partial charge < -0.3 is 10.4 Å². The Morgan fingerprint density at radius 2 is 2.12 bits per heavy atom. The molecule has 4 heteroatoms. The van der Waals surface area contributed by atoms with Crippen LogP contribution in [0, 0.1) is 11.8 Å². The third-order valence-electron chi connectivity index (χ3n) is 3.15. The third-order valence-corrected chi connectivity index (χ3v) is 3.68. The molecule has 0 heterocycles. The standard InChI is InChI=1S/C13H16BrNO2/c14-11-3-1-9(2-4-11)5-6-15-8-10-7-12(10)13(16)17/h1-4,10,12,15H,5-8H2,(H,16,17). The van der Waals surface area contributed by atoms with E-state index in [0.29, 0.717) is 5.92 Å². The van der Waals surface area contributed by atoms with Gasteiger partial charge >= 0.3 is 5.97 Å². The molecule has 0 aliphatic heterocycles. The number of benzene rings is 1. The zero-order chi connectivity index (χ0) is 12.3. The SMILES string of the molecule is O=C(O)C1CC1CNCCc1ccc(Br)cc1. The highest BCUT2D eigenvalue weighted by Crippen LogP contribution is 2.37. The number of hydrogen-bond donors (Lipinski definition) is 2. The van der Waals surface area contributed by atoms with Gasteiger partial charge in [0.15, 0.2) is 0 Å². The fraction of sp³-hybridized carbons (Fsp3) is 0.462. The van der Waals surface area contributed by atoms with Gasteiger partial charge in [0.25, 0.3) is 0 Å². The molecule has 1 aromatic rings. The molecule has 1 aromatic carbocycles. The van der Waals surface area contributed by atoms with Crippen molar-refractivity contribution < 1.29 is 9.90 Å². The van der Waals surface area contributed by atoms with Crippen molar-refractivity contribution in [2.24, 2.45) is 11.8 Å². The Balaban J connectivity index is 1.61. The average Bonchev–Trinajstić information content (AvgIpc) is 3.06. The largest absolute Gasteiger partial charge is 0.481 e. The fourth-order valence-electron chi connectivity index (χ4n) is 1.95. The van der Waals surface area contributed by atoms with E-state index in [0.717, 1.165) is 30.4 Å². The summed E-state index contributed by atoms with van der Waals surface area (Å²) < 4.78 is 1.09. The summed E-state index contributed by atoms with van der Waals surface area (Å²) in [5, 5.41) is 12.1. The van der Waals surface area contributed by atoms with Crippen LogP contribution in [0.3, 0.4) is 0 Å². The van der Waals surface area contributed by atoms with Gasteiger partial charge in [-0.05, 0) is 49.5 Å². The van der Waals surface area contributed by atoms with Gasteiger partial charge in [-0.2, -0.15) is 0 Å². The predicted octanol–water partition coefficient (Wildman–Crippen LogP) is 2.30. The molecule has 3 nitrogen and oxygen atoms in total. The molecule has 2 rings (SSSR count). The van der Waals surface area contributed by atoms with Crippen LogP contribution in [-0.2, 0) is 11.2 Å². The Morgan fingerprint density at radius 3 is 2.71 bits per heavy atom. The van der Waals surface area contributed by atoms with Crippen molar-refractivity contribution in [2.75, 3.05) is 13.1 Å². The van der Waals surface area contributed by atoms with Gasteiger partial charge in [0.1, 0.15) is 0 Å². The Labute approximate surface area is 109 Å². The summed E-state index contributed by atoms with van der Waals surface area (Å²) in [5.74, 6) is -0.405. The Morgan fingerprint density at radius 1 is 1.41 bits per heavy atom. The predicted molar refractivity (Wildman–Crippen MR) is 69.9 cm³/mol. The summed E-state index contributed by atoms with van der Waals surface area (Å²) in [6.07, 6.45) is 1.82. The van der Waals surface area contributed by atoms with Crippen molar-refractivity contribution in [1.82, 2.24) is 5.32 Å². The van der Waals surface area contributed by atoms with E-state index >= 15 is 0 Å². The van der Waals surface area contributed by atoms with Gasteiger partial charge in [-0.15, -0.1) is 0 Å².